The number of carbonyl (C=O) groups excluding carboxylic acids is 1. The fourth-order valence-corrected chi connectivity index (χ4v) is 1.33. The van der Waals surface area contributed by atoms with Gasteiger partial charge in [0.2, 0.25) is 0 Å². The zero-order valence-corrected chi connectivity index (χ0v) is 6.43. The molecule has 0 saturated heterocycles. The molecular weight excluding hydrogens is 160 g/mol. The summed E-state index contributed by atoms with van der Waals surface area (Å²) in [6.07, 6.45) is 3.34. The number of hydrogen-bond donors (Lipinski definition) is 0. The number of ketones is 1. The van der Waals surface area contributed by atoms with Crippen LogP contribution in [0.2, 0.25) is 5.02 Å². The van der Waals surface area contributed by atoms with Gasteiger partial charge in [0.1, 0.15) is 0 Å². The van der Waals surface area contributed by atoms with Crippen LogP contribution in [0.3, 0.4) is 0 Å². The van der Waals surface area contributed by atoms with Crippen molar-refractivity contribution in [3.8, 4) is 0 Å². The molecule has 1 aliphatic carbocycles. The van der Waals surface area contributed by atoms with Crippen molar-refractivity contribution in [2.45, 2.75) is 0 Å². The molecule has 0 unspecified atom stereocenters. The number of rotatable bonds is 0. The number of fused-ring (bicyclic) bond motifs is 1. The van der Waals surface area contributed by atoms with E-state index < -0.39 is 0 Å². The molecule has 0 fully saturated rings. The first kappa shape index (κ1) is 6.62. The minimum atomic E-state index is 0.0664. The molecule has 2 heteroatoms. The van der Waals surface area contributed by atoms with E-state index in [1.165, 1.54) is 0 Å². The van der Waals surface area contributed by atoms with Gasteiger partial charge in [-0.2, -0.15) is 0 Å². The van der Waals surface area contributed by atoms with Gasteiger partial charge in [-0.3, -0.25) is 4.79 Å². The second kappa shape index (κ2) is 2.21. The van der Waals surface area contributed by atoms with Crippen molar-refractivity contribution in [3.05, 3.63) is 40.4 Å². The Bertz CT molecular complexity index is 353. The lowest BCUT2D eigenvalue weighted by Crippen LogP contribution is -1.89. The standard InChI is InChI=1S/C9H5ClO/c10-7-2-3-8-6(5-7)1-4-9(8)11/h1-5H. The minimum absolute atomic E-state index is 0.0664. The second-order valence-corrected chi connectivity index (χ2v) is 2.87. The highest BCUT2D eigenvalue weighted by Gasteiger charge is 2.12. The molecule has 1 aliphatic rings. The maximum atomic E-state index is 11.0. The minimum Gasteiger partial charge on any atom is -0.289 e. The molecule has 0 amide bonds. The predicted molar refractivity (Wildman–Crippen MR) is 44.8 cm³/mol. The van der Waals surface area contributed by atoms with Gasteiger partial charge in [-0.15, -0.1) is 0 Å². The van der Waals surface area contributed by atoms with Crippen LogP contribution in [0.5, 0.6) is 0 Å². The fourth-order valence-electron chi connectivity index (χ4n) is 1.15. The zero-order chi connectivity index (χ0) is 7.84. The maximum absolute atomic E-state index is 11.0. The largest absolute Gasteiger partial charge is 0.289 e. The molecule has 0 heterocycles. The van der Waals surface area contributed by atoms with Crippen molar-refractivity contribution in [1.29, 1.82) is 0 Å². The van der Waals surface area contributed by atoms with Crippen LogP contribution in [0, 0.1) is 0 Å². The first-order valence-electron chi connectivity index (χ1n) is 3.29. The van der Waals surface area contributed by atoms with Gasteiger partial charge in [-0.25, -0.2) is 0 Å². The lowest BCUT2D eigenvalue weighted by Gasteiger charge is -1.95. The van der Waals surface area contributed by atoms with Gasteiger partial charge in [0, 0.05) is 10.6 Å². The summed E-state index contributed by atoms with van der Waals surface area (Å²) in [6.45, 7) is 0. The molecule has 1 aromatic carbocycles. The Morgan fingerprint density at radius 3 is 2.82 bits per heavy atom. The van der Waals surface area contributed by atoms with Crippen LogP contribution in [0.1, 0.15) is 15.9 Å². The Balaban J connectivity index is 2.66. The molecule has 54 valence electrons. The van der Waals surface area contributed by atoms with E-state index in [1.54, 1.807) is 30.4 Å². The van der Waals surface area contributed by atoms with Crippen LogP contribution < -0.4 is 0 Å². The van der Waals surface area contributed by atoms with Gasteiger partial charge in [-0.1, -0.05) is 17.7 Å². The zero-order valence-electron chi connectivity index (χ0n) is 5.67. The summed E-state index contributed by atoms with van der Waals surface area (Å²) in [7, 11) is 0. The summed E-state index contributed by atoms with van der Waals surface area (Å²) in [5.41, 5.74) is 1.66. The van der Waals surface area contributed by atoms with Crippen molar-refractivity contribution >= 4 is 23.5 Å². The smallest absolute Gasteiger partial charge is 0.186 e. The highest BCUT2D eigenvalue weighted by molar-refractivity contribution is 6.31. The average Bonchev–Trinajstić information content (AvgIpc) is 2.32. The summed E-state index contributed by atoms with van der Waals surface area (Å²) in [5, 5.41) is 0.670. The van der Waals surface area contributed by atoms with E-state index in [0.717, 1.165) is 11.1 Å². The summed E-state index contributed by atoms with van der Waals surface area (Å²) in [4.78, 5) is 11.0. The molecule has 0 aromatic heterocycles. The topological polar surface area (TPSA) is 17.1 Å². The summed E-state index contributed by atoms with van der Waals surface area (Å²) < 4.78 is 0. The highest BCUT2D eigenvalue weighted by atomic mass is 35.5. The molecular formula is C9H5ClO. The summed E-state index contributed by atoms with van der Waals surface area (Å²) >= 11 is 5.73. The van der Waals surface area contributed by atoms with Gasteiger partial charge < -0.3 is 0 Å². The average molecular weight is 165 g/mol. The molecule has 0 saturated carbocycles. The van der Waals surface area contributed by atoms with Crippen LogP contribution in [-0.2, 0) is 0 Å². The van der Waals surface area contributed by atoms with Crippen LogP contribution in [-0.4, -0.2) is 5.78 Å². The number of hydrogen-bond acceptors (Lipinski definition) is 1. The van der Waals surface area contributed by atoms with Crippen molar-refractivity contribution in [1.82, 2.24) is 0 Å². The first-order chi connectivity index (χ1) is 5.27. The van der Waals surface area contributed by atoms with Gasteiger partial charge >= 0.3 is 0 Å². The van der Waals surface area contributed by atoms with E-state index in [2.05, 4.69) is 0 Å². The third-order valence-corrected chi connectivity index (χ3v) is 1.93. The number of halogens is 1. The molecule has 2 rings (SSSR count). The number of benzene rings is 1. The molecule has 0 aliphatic heterocycles. The molecule has 0 bridgehead atoms. The SMILES string of the molecule is O=C1C=Cc2cc(Cl)ccc21. The second-order valence-electron chi connectivity index (χ2n) is 2.43. The van der Waals surface area contributed by atoms with E-state index in [0.29, 0.717) is 5.02 Å². The Morgan fingerprint density at radius 1 is 1.18 bits per heavy atom. The van der Waals surface area contributed by atoms with Crippen LogP contribution in [0.4, 0.5) is 0 Å². The van der Waals surface area contributed by atoms with Crippen molar-refractivity contribution < 1.29 is 4.79 Å². The third-order valence-electron chi connectivity index (χ3n) is 1.69. The third kappa shape index (κ3) is 0.976. The first-order valence-corrected chi connectivity index (χ1v) is 3.67. The summed E-state index contributed by atoms with van der Waals surface area (Å²) in [5.74, 6) is 0.0664. The molecule has 1 nitrogen and oxygen atoms in total. The Morgan fingerprint density at radius 2 is 2.00 bits per heavy atom. The summed E-state index contributed by atoms with van der Waals surface area (Å²) in [6, 6.07) is 5.27. The van der Waals surface area contributed by atoms with Gasteiger partial charge in [0.25, 0.3) is 0 Å². The lowest BCUT2D eigenvalue weighted by atomic mass is 10.1. The Kier molecular flexibility index (Phi) is 1.33. The number of carbonyl (C=O) groups is 1. The van der Waals surface area contributed by atoms with E-state index in [1.807, 2.05) is 0 Å². The lowest BCUT2D eigenvalue weighted by molar-refractivity contribution is 0.105. The number of allylic oxidation sites excluding steroid dienone is 1. The predicted octanol–water partition coefficient (Wildman–Crippen LogP) is 2.55. The van der Waals surface area contributed by atoms with E-state index >= 15 is 0 Å². The Labute approximate surface area is 69.3 Å². The quantitative estimate of drug-likeness (QED) is 0.576. The molecule has 0 atom stereocenters. The van der Waals surface area contributed by atoms with Gasteiger partial charge in [0.15, 0.2) is 5.78 Å². The van der Waals surface area contributed by atoms with Crippen molar-refractivity contribution in [2.75, 3.05) is 0 Å². The van der Waals surface area contributed by atoms with Crippen molar-refractivity contribution in [3.63, 3.8) is 0 Å². The van der Waals surface area contributed by atoms with Gasteiger partial charge in [0.05, 0.1) is 0 Å². The molecule has 1 aromatic rings. The fraction of sp³-hybridized carbons (Fsp3) is 0. The normalized spacial score (nSPS) is 13.7. The van der Waals surface area contributed by atoms with E-state index in [-0.39, 0.29) is 5.78 Å². The van der Waals surface area contributed by atoms with Crippen LogP contribution in [0.15, 0.2) is 24.3 Å². The van der Waals surface area contributed by atoms with Crippen molar-refractivity contribution in [2.24, 2.45) is 0 Å². The molecule has 0 N–H and O–H groups in total. The van der Waals surface area contributed by atoms with E-state index in [4.69, 9.17) is 11.6 Å². The van der Waals surface area contributed by atoms with Crippen LogP contribution in [0.25, 0.3) is 6.08 Å². The molecule has 0 spiro atoms. The molecule has 11 heavy (non-hydrogen) atoms. The van der Waals surface area contributed by atoms with E-state index in [9.17, 15) is 4.79 Å². The van der Waals surface area contributed by atoms with Crippen LogP contribution >= 0.6 is 11.6 Å². The monoisotopic (exact) mass is 164 g/mol. The Hall–Kier alpha value is -1.08. The molecule has 0 radical (unpaired) electrons. The van der Waals surface area contributed by atoms with Gasteiger partial charge in [-0.05, 0) is 29.8 Å². The maximum Gasteiger partial charge on any atom is 0.186 e. The highest BCUT2D eigenvalue weighted by Crippen LogP contribution is 2.22.